The molecule has 0 aliphatic carbocycles. The average Bonchev–Trinajstić information content (AvgIpc) is 2.29. The molecule has 1 aromatic rings. The molecule has 0 amide bonds. The fourth-order valence-electron chi connectivity index (χ4n) is 1.35. The zero-order valence-corrected chi connectivity index (χ0v) is 12.8. The molecule has 1 unspecified atom stereocenters. The second-order valence-corrected chi connectivity index (χ2v) is 7.30. The maximum Gasteiger partial charge on any atom is 0.243 e. The first kappa shape index (κ1) is 15.8. The van der Waals surface area contributed by atoms with E-state index in [0.29, 0.717) is 0 Å². The lowest BCUT2D eigenvalue weighted by Crippen LogP contribution is -2.33. The van der Waals surface area contributed by atoms with Crippen LogP contribution >= 0.6 is 23.4 Å². The van der Waals surface area contributed by atoms with E-state index in [1.807, 2.05) is 6.92 Å². The van der Waals surface area contributed by atoms with Gasteiger partial charge in [0.2, 0.25) is 10.0 Å². The summed E-state index contributed by atoms with van der Waals surface area (Å²) in [5.41, 5.74) is 0. The molecule has 1 heterocycles. The van der Waals surface area contributed by atoms with Crippen molar-refractivity contribution in [2.24, 2.45) is 0 Å². The van der Waals surface area contributed by atoms with Crippen LogP contribution in [0.2, 0.25) is 5.02 Å². The van der Waals surface area contributed by atoms with Crippen molar-refractivity contribution < 1.29 is 8.42 Å². The maximum atomic E-state index is 12.1. The van der Waals surface area contributed by atoms with Crippen LogP contribution < -0.4 is 4.72 Å². The monoisotopic (exact) mass is 308 g/mol. The smallest absolute Gasteiger partial charge is 0.243 e. The number of aromatic nitrogens is 1. The number of nitrogens with one attached hydrogen (secondary N) is 1. The van der Waals surface area contributed by atoms with Crippen molar-refractivity contribution in [1.29, 1.82) is 0 Å². The summed E-state index contributed by atoms with van der Waals surface area (Å²) >= 11 is 7.64. The van der Waals surface area contributed by atoms with Crippen LogP contribution in [0.4, 0.5) is 0 Å². The van der Waals surface area contributed by atoms with Crippen LogP contribution in [0, 0.1) is 0 Å². The van der Waals surface area contributed by atoms with Crippen molar-refractivity contribution in [3.05, 3.63) is 23.5 Å². The first-order chi connectivity index (χ1) is 8.47. The van der Waals surface area contributed by atoms with Crippen molar-refractivity contribution in [2.45, 2.75) is 31.2 Å². The van der Waals surface area contributed by atoms with Crippen LogP contribution in [0.1, 0.15) is 20.3 Å². The Labute approximate surface area is 118 Å². The average molecular weight is 309 g/mol. The minimum absolute atomic E-state index is 0.0293. The highest BCUT2D eigenvalue weighted by atomic mass is 35.5. The number of hydrogen-bond donors (Lipinski definition) is 1. The molecule has 1 rings (SSSR count). The first-order valence-electron chi connectivity index (χ1n) is 5.67. The Morgan fingerprint density at radius 1 is 1.56 bits per heavy atom. The Kier molecular flexibility index (Phi) is 6.42. The highest BCUT2D eigenvalue weighted by molar-refractivity contribution is 7.99. The SMILES string of the molecule is CCSCCC(C)NS(=O)(=O)c1cnccc1Cl. The molecule has 102 valence electrons. The van der Waals surface area contributed by atoms with Crippen LogP contribution in [0.15, 0.2) is 23.4 Å². The number of hydrogen-bond acceptors (Lipinski definition) is 4. The number of thioether (sulfide) groups is 1. The van der Waals surface area contributed by atoms with E-state index < -0.39 is 10.0 Å². The first-order valence-corrected chi connectivity index (χ1v) is 8.68. The van der Waals surface area contributed by atoms with Gasteiger partial charge in [0.25, 0.3) is 0 Å². The number of pyridine rings is 1. The Hall–Kier alpha value is -0.300. The lowest BCUT2D eigenvalue weighted by molar-refractivity contribution is 0.556. The molecule has 18 heavy (non-hydrogen) atoms. The van der Waals surface area contributed by atoms with Gasteiger partial charge in [0.1, 0.15) is 4.90 Å². The van der Waals surface area contributed by atoms with Gasteiger partial charge in [0, 0.05) is 18.4 Å². The molecule has 0 saturated carbocycles. The summed E-state index contributed by atoms with van der Waals surface area (Å²) in [5.74, 6) is 1.97. The molecule has 0 spiro atoms. The largest absolute Gasteiger partial charge is 0.263 e. The van der Waals surface area contributed by atoms with Crippen LogP contribution in [0.3, 0.4) is 0 Å². The van der Waals surface area contributed by atoms with E-state index in [1.54, 1.807) is 11.8 Å². The molecule has 0 aliphatic rings. The standard InChI is InChI=1S/C11H17ClN2O2S2/c1-3-17-7-5-9(2)14-18(15,16)11-8-13-6-4-10(11)12/h4,6,8-9,14H,3,5,7H2,1-2H3. The van der Waals surface area contributed by atoms with Gasteiger partial charge in [-0.05, 0) is 30.9 Å². The van der Waals surface area contributed by atoms with E-state index in [0.717, 1.165) is 17.9 Å². The summed E-state index contributed by atoms with van der Waals surface area (Å²) in [7, 11) is -3.58. The van der Waals surface area contributed by atoms with E-state index in [2.05, 4.69) is 16.6 Å². The molecule has 0 fully saturated rings. The molecule has 0 aromatic carbocycles. The molecule has 1 atom stereocenters. The van der Waals surface area contributed by atoms with Crippen LogP contribution in [0.25, 0.3) is 0 Å². The third-order valence-electron chi connectivity index (χ3n) is 2.28. The van der Waals surface area contributed by atoms with Crippen LogP contribution in [-0.2, 0) is 10.0 Å². The fourth-order valence-corrected chi connectivity index (χ4v) is 3.87. The number of sulfonamides is 1. The Balaban J connectivity index is 2.68. The molecule has 1 aromatic heterocycles. The molecule has 0 bridgehead atoms. The summed E-state index contributed by atoms with van der Waals surface area (Å²) in [6.07, 6.45) is 3.51. The molecule has 7 heteroatoms. The normalized spacial score (nSPS) is 13.5. The highest BCUT2D eigenvalue weighted by Gasteiger charge is 2.20. The van der Waals surface area contributed by atoms with Gasteiger partial charge in [0.15, 0.2) is 0 Å². The summed E-state index contributed by atoms with van der Waals surface area (Å²) in [6.45, 7) is 3.92. The van der Waals surface area contributed by atoms with Gasteiger partial charge in [-0.1, -0.05) is 18.5 Å². The van der Waals surface area contributed by atoms with Crippen LogP contribution in [0.5, 0.6) is 0 Å². The van der Waals surface area contributed by atoms with Crippen LogP contribution in [-0.4, -0.2) is 30.9 Å². The van der Waals surface area contributed by atoms with Crippen molar-refractivity contribution in [1.82, 2.24) is 9.71 Å². The van der Waals surface area contributed by atoms with E-state index in [1.165, 1.54) is 18.5 Å². The predicted molar refractivity (Wildman–Crippen MR) is 76.6 cm³/mol. The van der Waals surface area contributed by atoms with Gasteiger partial charge < -0.3 is 0 Å². The van der Waals surface area contributed by atoms with E-state index in [9.17, 15) is 8.42 Å². The summed E-state index contributed by atoms with van der Waals surface area (Å²) < 4.78 is 26.7. The van der Waals surface area contributed by atoms with Crippen molar-refractivity contribution in [2.75, 3.05) is 11.5 Å². The van der Waals surface area contributed by atoms with Gasteiger partial charge in [-0.3, -0.25) is 4.98 Å². The number of rotatable bonds is 7. The number of halogens is 1. The summed E-state index contributed by atoms with van der Waals surface area (Å²) in [5, 5.41) is 0.188. The van der Waals surface area contributed by atoms with E-state index in [-0.39, 0.29) is 16.0 Å². The quantitative estimate of drug-likeness (QED) is 0.786. The highest BCUT2D eigenvalue weighted by Crippen LogP contribution is 2.19. The fraction of sp³-hybridized carbons (Fsp3) is 0.545. The zero-order chi connectivity index (χ0) is 13.6. The Morgan fingerprint density at radius 3 is 2.89 bits per heavy atom. The molecular weight excluding hydrogens is 292 g/mol. The van der Waals surface area contributed by atoms with E-state index >= 15 is 0 Å². The molecule has 0 aliphatic heterocycles. The lowest BCUT2D eigenvalue weighted by atomic mass is 10.3. The molecule has 4 nitrogen and oxygen atoms in total. The zero-order valence-electron chi connectivity index (χ0n) is 10.4. The molecule has 0 radical (unpaired) electrons. The van der Waals surface area contributed by atoms with E-state index in [4.69, 9.17) is 11.6 Å². The molecule has 0 saturated heterocycles. The summed E-state index contributed by atoms with van der Waals surface area (Å²) in [4.78, 5) is 3.82. The second-order valence-electron chi connectivity index (χ2n) is 3.81. The van der Waals surface area contributed by atoms with Crippen molar-refractivity contribution in [3.8, 4) is 0 Å². The molecular formula is C11H17ClN2O2S2. The minimum Gasteiger partial charge on any atom is -0.263 e. The van der Waals surface area contributed by atoms with Gasteiger partial charge >= 0.3 is 0 Å². The summed E-state index contributed by atoms with van der Waals surface area (Å²) in [6, 6.07) is 1.35. The third kappa shape index (κ3) is 4.76. The third-order valence-corrected chi connectivity index (χ3v) is 5.27. The Morgan fingerprint density at radius 2 is 2.28 bits per heavy atom. The minimum atomic E-state index is -3.58. The topological polar surface area (TPSA) is 59.1 Å². The van der Waals surface area contributed by atoms with Crippen molar-refractivity contribution in [3.63, 3.8) is 0 Å². The maximum absolute atomic E-state index is 12.1. The predicted octanol–water partition coefficient (Wildman–Crippen LogP) is 2.55. The van der Waals surface area contributed by atoms with Gasteiger partial charge in [-0.15, -0.1) is 0 Å². The van der Waals surface area contributed by atoms with Crippen molar-refractivity contribution >= 4 is 33.4 Å². The van der Waals surface area contributed by atoms with Gasteiger partial charge in [-0.2, -0.15) is 11.8 Å². The second kappa shape index (κ2) is 7.33. The molecule has 1 N–H and O–H groups in total. The lowest BCUT2D eigenvalue weighted by Gasteiger charge is -2.14. The van der Waals surface area contributed by atoms with Gasteiger partial charge in [-0.25, -0.2) is 13.1 Å². The Bertz CT molecular complexity index is 480. The number of nitrogens with zero attached hydrogens (tertiary/aromatic N) is 1. The van der Waals surface area contributed by atoms with Gasteiger partial charge in [0.05, 0.1) is 5.02 Å².